The summed E-state index contributed by atoms with van der Waals surface area (Å²) in [4.78, 5) is 16.7. The van der Waals surface area contributed by atoms with Crippen molar-refractivity contribution in [2.24, 2.45) is 7.05 Å². The second kappa shape index (κ2) is 4.83. The van der Waals surface area contributed by atoms with Gasteiger partial charge in [0.2, 0.25) is 11.2 Å². The lowest BCUT2D eigenvalue weighted by molar-refractivity contribution is -0.633. The molecule has 0 amide bonds. The van der Waals surface area contributed by atoms with Crippen LogP contribution in [0.15, 0.2) is 61.1 Å². The van der Waals surface area contributed by atoms with Crippen molar-refractivity contribution < 1.29 is 4.57 Å². The highest BCUT2D eigenvalue weighted by Gasteiger charge is 2.18. The molecule has 0 fully saturated rings. The van der Waals surface area contributed by atoms with Crippen molar-refractivity contribution in [3.05, 3.63) is 61.1 Å². The van der Waals surface area contributed by atoms with E-state index >= 15 is 0 Å². The molecule has 0 saturated carbocycles. The number of benzene rings is 1. The van der Waals surface area contributed by atoms with Gasteiger partial charge in [-0.1, -0.05) is 12.1 Å². The number of hydrogen-bond acceptors (Lipinski definition) is 3. The van der Waals surface area contributed by atoms with Crippen LogP contribution in [0.25, 0.3) is 44.4 Å². The fourth-order valence-corrected chi connectivity index (χ4v) is 3.26. The molecule has 5 aromatic rings. The van der Waals surface area contributed by atoms with Gasteiger partial charge in [-0.15, -0.1) is 0 Å². The van der Waals surface area contributed by atoms with Crippen molar-refractivity contribution in [1.82, 2.24) is 19.9 Å². The van der Waals surface area contributed by atoms with Gasteiger partial charge in [-0.05, 0) is 30.3 Å². The Morgan fingerprint density at radius 2 is 1.83 bits per heavy atom. The zero-order valence-electron chi connectivity index (χ0n) is 13.1. The van der Waals surface area contributed by atoms with Crippen molar-refractivity contribution >= 4 is 33.0 Å². The summed E-state index contributed by atoms with van der Waals surface area (Å²) in [5.74, 6) is 0. The van der Waals surface area contributed by atoms with Crippen molar-refractivity contribution in [2.75, 3.05) is 0 Å². The number of imidazole rings is 1. The lowest BCUT2D eigenvalue weighted by atomic mass is 10.1. The fourth-order valence-electron chi connectivity index (χ4n) is 3.26. The van der Waals surface area contributed by atoms with Gasteiger partial charge in [-0.3, -0.25) is 0 Å². The van der Waals surface area contributed by atoms with Crippen LogP contribution in [-0.4, -0.2) is 19.9 Å². The summed E-state index contributed by atoms with van der Waals surface area (Å²) in [7, 11) is 2.06. The molecule has 1 N–H and O–H groups in total. The third-order valence-electron chi connectivity index (χ3n) is 4.42. The minimum absolute atomic E-state index is 0.734. The van der Waals surface area contributed by atoms with E-state index in [9.17, 15) is 0 Å². The number of rotatable bonds is 1. The first-order valence-corrected chi connectivity index (χ1v) is 7.78. The normalized spacial score (nSPS) is 11.5. The lowest BCUT2D eigenvalue weighted by Crippen LogP contribution is -2.32. The number of hydrogen-bond donors (Lipinski definition) is 1. The van der Waals surface area contributed by atoms with Gasteiger partial charge in [0.1, 0.15) is 18.3 Å². The maximum absolute atomic E-state index is 4.78. The van der Waals surface area contributed by atoms with E-state index in [4.69, 9.17) is 4.98 Å². The van der Waals surface area contributed by atoms with Crippen LogP contribution < -0.4 is 4.57 Å². The van der Waals surface area contributed by atoms with Crippen LogP contribution in [0.4, 0.5) is 0 Å². The maximum atomic E-state index is 4.78. The maximum Gasteiger partial charge on any atom is 0.239 e. The van der Waals surface area contributed by atoms with Gasteiger partial charge in [0.05, 0.1) is 11.8 Å². The van der Waals surface area contributed by atoms with Gasteiger partial charge < -0.3 is 4.98 Å². The molecular weight excluding hydrogens is 298 g/mol. The Hall–Kier alpha value is -3.34. The summed E-state index contributed by atoms with van der Waals surface area (Å²) in [5.41, 5.74) is 5.72. The summed E-state index contributed by atoms with van der Waals surface area (Å²) in [5, 5.41) is 2.24. The predicted octanol–water partition coefficient (Wildman–Crippen LogP) is 3.15. The van der Waals surface area contributed by atoms with Gasteiger partial charge in [0.25, 0.3) is 0 Å². The van der Waals surface area contributed by atoms with Crippen LogP contribution in [0, 0.1) is 0 Å². The molecule has 24 heavy (non-hydrogen) atoms. The zero-order chi connectivity index (χ0) is 16.1. The average molecular weight is 312 g/mol. The smallest absolute Gasteiger partial charge is 0.239 e. The molecule has 0 aliphatic heterocycles. The minimum atomic E-state index is 0.734. The molecule has 1 aromatic carbocycles. The SMILES string of the molecule is C[n+]1c(-c2ccccn2)ccc2ccc3cc4[nH]cnc4nc3c21. The molecule has 0 atom stereocenters. The average Bonchev–Trinajstić information content (AvgIpc) is 3.08. The third-order valence-corrected chi connectivity index (χ3v) is 4.42. The molecule has 0 aliphatic rings. The number of fused-ring (bicyclic) bond motifs is 4. The fraction of sp³-hybridized carbons (Fsp3) is 0.0526. The van der Waals surface area contributed by atoms with Crippen LogP contribution >= 0.6 is 0 Å². The highest BCUT2D eigenvalue weighted by molar-refractivity contribution is 6.04. The number of aromatic nitrogens is 5. The largest absolute Gasteiger partial charge is 0.343 e. The second-order valence-electron chi connectivity index (χ2n) is 5.83. The number of nitrogens with one attached hydrogen (secondary N) is 1. The topological polar surface area (TPSA) is 58.3 Å². The Morgan fingerprint density at radius 1 is 0.958 bits per heavy atom. The van der Waals surface area contributed by atoms with Gasteiger partial charge >= 0.3 is 0 Å². The van der Waals surface area contributed by atoms with Crippen molar-refractivity contribution in [1.29, 1.82) is 0 Å². The Kier molecular flexibility index (Phi) is 2.64. The van der Waals surface area contributed by atoms with E-state index in [0.717, 1.165) is 44.4 Å². The first-order valence-electron chi connectivity index (χ1n) is 7.78. The van der Waals surface area contributed by atoms with E-state index in [-0.39, 0.29) is 0 Å². The molecule has 0 bridgehead atoms. The number of H-pyrrole nitrogens is 1. The molecule has 4 heterocycles. The summed E-state index contributed by atoms with van der Waals surface area (Å²) >= 11 is 0. The van der Waals surface area contributed by atoms with Gasteiger partial charge in [0, 0.05) is 23.0 Å². The first-order chi connectivity index (χ1) is 11.8. The standard InChI is InChI=1S/C19H13N5/c1-24-16(14-4-2-3-9-20-14)8-7-12-5-6-13-10-15-19(22-11-21-15)23-17(13)18(12)24/h2-11H,1H3/p+1. The molecule has 0 unspecified atom stereocenters. The summed E-state index contributed by atoms with van der Waals surface area (Å²) in [6.07, 6.45) is 3.49. The number of nitrogens with zero attached hydrogens (tertiary/aromatic N) is 4. The van der Waals surface area contributed by atoms with Crippen LogP contribution in [0.1, 0.15) is 0 Å². The summed E-state index contributed by atoms with van der Waals surface area (Å²) < 4.78 is 2.16. The molecule has 0 spiro atoms. The third kappa shape index (κ3) is 1.81. The Balaban J connectivity index is 1.93. The van der Waals surface area contributed by atoms with Crippen LogP contribution in [-0.2, 0) is 7.05 Å². The van der Waals surface area contributed by atoms with Crippen LogP contribution in [0.5, 0.6) is 0 Å². The highest BCUT2D eigenvalue weighted by Crippen LogP contribution is 2.25. The Bertz CT molecular complexity index is 1210. The molecule has 5 heteroatoms. The molecule has 5 rings (SSSR count). The lowest BCUT2D eigenvalue weighted by Gasteiger charge is -2.05. The summed E-state index contributed by atoms with van der Waals surface area (Å²) in [6, 6.07) is 16.5. The van der Waals surface area contributed by atoms with E-state index in [2.05, 4.69) is 56.9 Å². The second-order valence-corrected chi connectivity index (χ2v) is 5.83. The number of pyridine rings is 3. The molecule has 5 nitrogen and oxygen atoms in total. The Morgan fingerprint density at radius 3 is 2.71 bits per heavy atom. The van der Waals surface area contributed by atoms with Crippen molar-refractivity contribution in [3.63, 3.8) is 0 Å². The number of aromatic amines is 1. The highest BCUT2D eigenvalue weighted by atomic mass is 15.0. The quantitative estimate of drug-likeness (QED) is 0.382. The van der Waals surface area contributed by atoms with Crippen LogP contribution in [0.2, 0.25) is 0 Å². The van der Waals surface area contributed by atoms with Gasteiger partial charge in [-0.25, -0.2) is 15.0 Å². The molecule has 114 valence electrons. The van der Waals surface area contributed by atoms with Gasteiger partial charge in [0.15, 0.2) is 5.65 Å². The van der Waals surface area contributed by atoms with E-state index in [1.54, 1.807) is 6.33 Å². The molecule has 0 saturated heterocycles. The zero-order valence-corrected chi connectivity index (χ0v) is 13.1. The minimum Gasteiger partial charge on any atom is -0.343 e. The monoisotopic (exact) mass is 312 g/mol. The molecular formula is C19H14N5+. The van der Waals surface area contributed by atoms with E-state index < -0.39 is 0 Å². The Labute approximate surface area is 137 Å². The first kappa shape index (κ1) is 13.1. The van der Waals surface area contributed by atoms with Crippen molar-refractivity contribution in [3.8, 4) is 11.4 Å². The van der Waals surface area contributed by atoms with Gasteiger partial charge in [-0.2, -0.15) is 4.57 Å². The molecule has 4 aromatic heterocycles. The van der Waals surface area contributed by atoms with Crippen molar-refractivity contribution in [2.45, 2.75) is 0 Å². The number of aryl methyl sites for hydroxylation is 1. The molecule has 0 radical (unpaired) electrons. The predicted molar refractivity (Wildman–Crippen MR) is 93.3 cm³/mol. The van der Waals surface area contributed by atoms with E-state index in [1.807, 2.05) is 24.4 Å². The summed E-state index contributed by atoms with van der Waals surface area (Å²) in [6.45, 7) is 0. The van der Waals surface area contributed by atoms with E-state index in [0.29, 0.717) is 0 Å². The van der Waals surface area contributed by atoms with E-state index in [1.165, 1.54) is 0 Å². The molecule has 0 aliphatic carbocycles. The van der Waals surface area contributed by atoms with Crippen LogP contribution in [0.3, 0.4) is 0 Å².